The number of aliphatic imine (C=N–C) groups is 1. The number of hydrogen-bond donors (Lipinski definition) is 2. The lowest BCUT2D eigenvalue weighted by Gasteiger charge is -2.09. The molecule has 0 aromatic heterocycles. The molecule has 2 aromatic carbocycles. The maximum absolute atomic E-state index is 12.2. The summed E-state index contributed by atoms with van der Waals surface area (Å²) in [5.41, 5.74) is 1.41. The van der Waals surface area contributed by atoms with E-state index >= 15 is 0 Å². The van der Waals surface area contributed by atoms with Gasteiger partial charge in [0.05, 0.1) is 19.5 Å². The molecule has 1 saturated heterocycles. The molecular weight excluding hydrogens is 536 g/mol. The van der Waals surface area contributed by atoms with Gasteiger partial charge in [0.25, 0.3) is 5.91 Å². The van der Waals surface area contributed by atoms with Gasteiger partial charge in [-0.05, 0) is 91.7 Å². The van der Waals surface area contributed by atoms with Gasteiger partial charge in [-0.15, -0.1) is 0 Å². The van der Waals surface area contributed by atoms with Gasteiger partial charge in [0.1, 0.15) is 5.75 Å². The summed E-state index contributed by atoms with van der Waals surface area (Å²) in [4.78, 5) is 27.8. The first kappa shape index (κ1) is 20.9. The molecule has 6 nitrogen and oxygen atoms in total. The number of hydrogen-bond acceptors (Lipinski definition) is 5. The number of amidine groups is 1. The van der Waals surface area contributed by atoms with Crippen molar-refractivity contribution in [2.24, 2.45) is 4.99 Å². The molecule has 0 saturated carbocycles. The number of halogens is 3. The highest BCUT2D eigenvalue weighted by Gasteiger charge is 2.24. The first-order chi connectivity index (χ1) is 13.3. The lowest BCUT2D eigenvalue weighted by molar-refractivity contribution is -0.139. The van der Waals surface area contributed by atoms with Crippen LogP contribution in [0.15, 0.2) is 55.2 Å². The molecule has 28 heavy (non-hydrogen) atoms. The topological polar surface area (TPSA) is 88.0 Å². The molecule has 1 aliphatic rings. The van der Waals surface area contributed by atoms with E-state index in [1.807, 2.05) is 0 Å². The molecule has 0 unspecified atom stereocenters. The Kier molecular flexibility index (Phi) is 6.82. The molecule has 1 fully saturated rings. The third-order valence-electron chi connectivity index (χ3n) is 3.37. The summed E-state index contributed by atoms with van der Waals surface area (Å²) in [7, 11) is 0. The predicted octanol–water partition coefficient (Wildman–Crippen LogP) is 5.22. The van der Waals surface area contributed by atoms with Gasteiger partial charge in [-0.1, -0.05) is 11.6 Å². The molecule has 0 radical (unpaired) electrons. The van der Waals surface area contributed by atoms with Crippen molar-refractivity contribution in [2.45, 2.75) is 0 Å². The first-order valence-electron chi connectivity index (χ1n) is 7.70. The van der Waals surface area contributed by atoms with Crippen molar-refractivity contribution in [1.82, 2.24) is 5.32 Å². The highest BCUT2D eigenvalue weighted by molar-refractivity contribution is 9.11. The summed E-state index contributed by atoms with van der Waals surface area (Å²) in [6.45, 7) is -0.458. The molecule has 10 heteroatoms. The smallest absolute Gasteiger partial charge is 0.341 e. The number of carboxylic acids is 1. The number of nitrogens with zero attached hydrogens (tertiary/aromatic N) is 1. The fourth-order valence-electron chi connectivity index (χ4n) is 2.20. The number of aliphatic carboxylic acids is 1. The van der Waals surface area contributed by atoms with Crippen molar-refractivity contribution in [1.29, 1.82) is 0 Å². The van der Waals surface area contributed by atoms with E-state index in [-0.39, 0.29) is 5.91 Å². The van der Waals surface area contributed by atoms with Crippen LogP contribution in [0.25, 0.3) is 6.08 Å². The van der Waals surface area contributed by atoms with Crippen molar-refractivity contribution in [2.75, 3.05) is 6.61 Å². The minimum atomic E-state index is -1.07. The molecule has 0 bridgehead atoms. The molecule has 1 aliphatic heterocycles. The maximum atomic E-state index is 12.2. The number of thioether (sulfide) groups is 1. The number of amides is 1. The Hall–Kier alpha value is -1.81. The summed E-state index contributed by atoms with van der Waals surface area (Å²) in [6.07, 6.45) is 1.71. The Morgan fingerprint density at radius 2 is 1.89 bits per heavy atom. The third kappa shape index (κ3) is 5.38. The number of carbonyl (C=O) groups is 2. The van der Waals surface area contributed by atoms with Crippen molar-refractivity contribution in [3.63, 3.8) is 0 Å². The van der Waals surface area contributed by atoms with E-state index in [1.54, 1.807) is 42.5 Å². The number of carbonyl (C=O) groups excluding carboxylic acids is 1. The monoisotopic (exact) mass is 544 g/mol. The normalized spacial score (nSPS) is 16.5. The predicted molar refractivity (Wildman–Crippen MR) is 117 cm³/mol. The largest absolute Gasteiger partial charge is 0.480 e. The van der Waals surface area contributed by atoms with Gasteiger partial charge in [0.2, 0.25) is 0 Å². The van der Waals surface area contributed by atoms with Crippen molar-refractivity contribution >= 4 is 84.0 Å². The zero-order valence-corrected chi connectivity index (χ0v) is 18.7. The minimum Gasteiger partial charge on any atom is -0.480 e. The Morgan fingerprint density at radius 1 is 1.25 bits per heavy atom. The van der Waals surface area contributed by atoms with Crippen molar-refractivity contribution in [3.8, 4) is 5.75 Å². The average molecular weight is 547 g/mol. The van der Waals surface area contributed by atoms with Gasteiger partial charge in [0.15, 0.2) is 11.8 Å². The molecular formula is C18H11Br2ClN2O4S. The van der Waals surface area contributed by atoms with Crippen molar-refractivity contribution < 1.29 is 19.4 Å². The van der Waals surface area contributed by atoms with Gasteiger partial charge in [-0.25, -0.2) is 9.79 Å². The summed E-state index contributed by atoms with van der Waals surface area (Å²) in [5.74, 6) is -0.953. The Labute approximate surface area is 186 Å². The van der Waals surface area contributed by atoms with Crippen LogP contribution in [0, 0.1) is 0 Å². The highest BCUT2D eigenvalue weighted by Crippen LogP contribution is 2.36. The first-order valence-corrected chi connectivity index (χ1v) is 10.5. The standard InChI is InChI=1S/C18H11Br2ClN2O4S/c19-12-5-9(6-13(20)16(12)27-8-15(24)25)7-14-17(26)23-18(28-14)22-11-3-1-10(21)2-4-11/h1-7H,8H2,(H,24,25)(H,22,23,26)/b14-7-. The summed E-state index contributed by atoms with van der Waals surface area (Å²) in [6, 6.07) is 10.4. The molecule has 0 spiro atoms. The Bertz CT molecular complexity index is 986. The second-order valence-corrected chi connectivity index (χ2v) is 8.63. The molecule has 2 aromatic rings. The average Bonchev–Trinajstić information content (AvgIpc) is 2.95. The second kappa shape index (κ2) is 9.13. The maximum Gasteiger partial charge on any atom is 0.341 e. The minimum absolute atomic E-state index is 0.254. The molecule has 3 rings (SSSR count). The summed E-state index contributed by atoms with van der Waals surface area (Å²) < 4.78 is 6.37. The van der Waals surface area contributed by atoms with E-state index in [9.17, 15) is 9.59 Å². The quantitative estimate of drug-likeness (QED) is 0.502. The number of nitrogens with one attached hydrogen (secondary N) is 1. The van der Waals surface area contributed by atoms with Gasteiger partial charge in [0, 0.05) is 5.02 Å². The molecule has 144 valence electrons. The van der Waals surface area contributed by atoms with Crippen LogP contribution in [0.4, 0.5) is 5.69 Å². The van der Waals surface area contributed by atoms with E-state index in [0.717, 1.165) is 5.56 Å². The van der Waals surface area contributed by atoms with Gasteiger partial charge >= 0.3 is 5.97 Å². The van der Waals surface area contributed by atoms with Crippen LogP contribution in [-0.4, -0.2) is 28.8 Å². The third-order valence-corrected chi connectivity index (χ3v) is 5.71. The van der Waals surface area contributed by atoms with Gasteiger partial charge < -0.3 is 15.2 Å². The van der Waals surface area contributed by atoms with Gasteiger partial charge in [-0.2, -0.15) is 0 Å². The number of ether oxygens (including phenoxy) is 1. The van der Waals surface area contributed by atoms with E-state index in [0.29, 0.717) is 35.5 Å². The zero-order valence-electron chi connectivity index (χ0n) is 13.9. The fourth-order valence-corrected chi connectivity index (χ4v) is 4.62. The highest BCUT2D eigenvalue weighted by atomic mass is 79.9. The van der Waals surface area contributed by atoms with Crippen molar-refractivity contribution in [3.05, 3.63) is 60.8 Å². The van der Waals surface area contributed by atoms with E-state index in [4.69, 9.17) is 21.4 Å². The fraction of sp³-hybridized carbons (Fsp3) is 0.0556. The summed E-state index contributed by atoms with van der Waals surface area (Å²) >= 11 is 13.8. The lowest BCUT2D eigenvalue weighted by Crippen LogP contribution is -2.19. The Balaban J connectivity index is 1.80. The lowest BCUT2D eigenvalue weighted by atomic mass is 10.2. The van der Waals surface area contributed by atoms with Gasteiger partial charge in [-0.3, -0.25) is 4.79 Å². The molecule has 1 amide bonds. The number of rotatable bonds is 5. The van der Waals surface area contributed by atoms with Crippen LogP contribution < -0.4 is 10.1 Å². The van der Waals surface area contributed by atoms with E-state index < -0.39 is 12.6 Å². The number of carboxylic acid groups (broad SMARTS) is 1. The van der Waals surface area contributed by atoms with Crippen LogP contribution >= 0.6 is 55.2 Å². The number of benzene rings is 2. The van der Waals surface area contributed by atoms with E-state index in [2.05, 4.69) is 42.2 Å². The zero-order chi connectivity index (χ0) is 20.3. The molecule has 0 atom stereocenters. The van der Waals surface area contributed by atoms with Crippen LogP contribution in [0.1, 0.15) is 5.56 Å². The van der Waals surface area contributed by atoms with Crippen LogP contribution in [0.5, 0.6) is 5.75 Å². The van der Waals surface area contributed by atoms with Crippen LogP contribution in [0.2, 0.25) is 5.02 Å². The molecule has 0 aliphatic carbocycles. The molecule has 1 heterocycles. The van der Waals surface area contributed by atoms with Crippen LogP contribution in [0.3, 0.4) is 0 Å². The second-order valence-electron chi connectivity index (χ2n) is 5.45. The van der Waals surface area contributed by atoms with Crippen LogP contribution in [-0.2, 0) is 9.59 Å². The van der Waals surface area contributed by atoms with E-state index in [1.165, 1.54) is 11.8 Å². The Morgan fingerprint density at radius 3 is 2.50 bits per heavy atom. The SMILES string of the molecule is O=C(O)COc1c(Br)cc(/C=C2\SC(=Nc3ccc(Cl)cc3)NC2=O)cc1Br. The summed E-state index contributed by atoms with van der Waals surface area (Å²) in [5, 5.41) is 12.5. The molecule has 2 N–H and O–H groups in total.